The van der Waals surface area contributed by atoms with Crippen molar-refractivity contribution in [3.05, 3.63) is 82.0 Å². The molecule has 3 aromatic rings. The van der Waals surface area contributed by atoms with Crippen molar-refractivity contribution in [1.82, 2.24) is 15.1 Å². The first-order valence-corrected chi connectivity index (χ1v) is 11.8. The molecule has 7 heteroatoms. The van der Waals surface area contributed by atoms with Crippen LogP contribution in [-0.2, 0) is 4.79 Å². The monoisotopic (exact) mass is 447 g/mol. The van der Waals surface area contributed by atoms with Gasteiger partial charge in [0.1, 0.15) is 11.5 Å². The SMILES string of the molecule is O=C(NCCN1CCN(C(=O)c2ccsc2)CC1)C1c2ccccc2Oc2ccccc21. The summed E-state index contributed by atoms with van der Waals surface area (Å²) in [4.78, 5) is 29.9. The highest BCUT2D eigenvalue weighted by Crippen LogP contribution is 2.43. The second-order valence-corrected chi connectivity index (χ2v) is 8.83. The summed E-state index contributed by atoms with van der Waals surface area (Å²) in [5.74, 6) is 1.18. The molecular formula is C25H25N3O3S. The maximum absolute atomic E-state index is 13.2. The first kappa shape index (κ1) is 20.7. The predicted octanol–water partition coefficient (Wildman–Crippen LogP) is 3.56. The third-order valence-electron chi connectivity index (χ3n) is 6.10. The van der Waals surface area contributed by atoms with E-state index in [9.17, 15) is 9.59 Å². The summed E-state index contributed by atoms with van der Waals surface area (Å²) < 4.78 is 5.99. The van der Waals surface area contributed by atoms with Gasteiger partial charge < -0.3 is 15.0 Å². The molecule has 2 amide bonds. The van der Waals surface area contributed by atoms with Crippen molar-refractivity contribution in [2.45, 2.75) is 5.92 Å². The van der Waals surface area contributed by atoms with E-state index in [4.69, 9.17) is 4.74 Å². The summed E-state index contributed by atoms with van der Waals surface area (Å²) >= 11 is 1.54. The van der Waals surface area contributed by atoms with Crippen LogP contribution in [-0.4, -0.2) is 60.9 Å². The maximum Gasteiger partial charge on any atom is 0.254 e. The molecule has 5 rings (SSSR count). The van der Waals surface area contributed by atoms with Crippen molar-refractivity contribution >= 4 is 23.2 Å². The predicted molar refractivity (Wildman–Crippen MR) is 124 cm³/mol. The van der Waals surface area contributed by atoms with Gasteiger partial charge in [0.05, 0.1) is 11.5 Å². The molecule has 1 fully saturated rings. The van der Waals surface area contributed by atoms with E-state index in [1.165, 1.54) is 0 Å². The molecule has 3 heterocycles. The minimum Gasteiger partial charge on any atom is -0.457 e. The molecule has 2 aliphatic heterocycles. The van der Waals surface area contributed by atoms with E-state index in [1.54, 1.807) is 11.3 Å². The van der Waals surface area contributed by atoms with Gasteiger partial charge in [-0.1, -0.05) is 36.4 Å². The minimum atomic E-state index is -0.378. The van der Waals surface area contributed by atoms with Crippen molar-refractivity contribution in [1.29, 1.82) is 0 Å². The number of carbonyl (C=O) groups excluding carboxylic acids is 2. The Morgan fingerprint density at radius 1 is 0.938 bits per heavy atom. The molecule has 0 radical (unpaired) electrons. The number of ether oxygens (including phenoxy) is 1. The van der Waals surface area contributed by atoms with Crippen LogP contribution in [0.15, 0.2) is 65.4 Å². The fourth-order valence-electron chi connectivity index (χ4n) is 4.37. The number of fused-ring (bicyclic) bond motifs is 2. The molecule has 0 saturated carbocycles. The van der Waals surface area contributed by atoms with Crippen LogP contribution in [0.2, 0.25) is 0 Å². The quantitative estimate of drug-likeness (QED) is 0.650. The second-order valence-electron chi connectivity index (χ2n) is 8.05. The lowest BCUT2D eigenvalue weighted by Gasteiger charge is -2.34. The van der Waals surface area contributed by atoms with Gasteiger partial charge in [0.15, 0.2) is 0 Å². The van der Waals surface area contributed by atoms with Crippen LogP contribution in [0.25, 0.3) is 0 Å². The fourth-order valence-corrected chi connectivity index (χ4v) is 5.00. The van der Waals surface area contributed by atoms with Crippen molar-refractivity contribution in [3.8, 4) is 11.5 Å². The fraction of sp³-hybridized carbons (Fsp3) is 0.280. The Morgan fingerprint density at radius 3 is 2.22 bits per heavy atom. The molecule has 0 atom stereocenters. The molecule has 0 spiro atoms. The molecule has 2 aromatic carbocycles. The van der Waals surface area contributed by atoms with Crippen molar-refractivity contribution in [2.24, 2.45) is 0 Å². The number of nitrogens with one attached hydrogen (secondary N) is 1. The van der Waals surface area contributed by atoms with E-state index >= 15 is 0 Å². The second kappa shape index (κ2) is 9.14. The average Bonchev–Trinajstić information content (AvgIpc) is 3.37. The molecule has 164 valence electrons. The Labute approximate surface area is 191 Å². The molecule has 6 nitrogen and oxygen atoms in total. The third kappa shape index (κ3) is 4.13. The molecule has 2 aliphatic rings. The van der Waals surface area contributed by atoms with Crippen molar-refractivity contribution < 1.29 is 14.3 Å². The standard InChI is InChI=1S/C25H25N3O3S/c29-24(23-19-5-1-3-7-21(19)31-22-8-4-2-6-20(22)23)26-10-11-27-12-14-28(15-13-27)25(30)18-9-16-32-17-18/h1-9,16-17,23H,10-15H2,(H,26,29). The lowest BCUT2D eigenvalue weighted by Crippen LogP contribution is -2.50. The van der Waals surface area contributed by atoms with Crippen LogP contribution in [0.3, 0.4) is 0 Å². The number of carbonyl (C=O) groups is 2. The first-order chi connectivity index (χ1) is 15.7. The Bertz CT molecular complexity index is 1060. The summed E-state index contributed by atoms with van der Waals surface area (Å²) in [5, 5.41) is 6.95. The zero-order valence-electron chi connectivity index (χ0n) is 17.7. The van der Waals surface area contributed by atoms with E-state index in [-0.39, 0.29) is 17.7 Å². The zero-order chi connectivity index (χ0) is 21.9. The number of thiophene rings is 1. The highest BCUT2D eigenvalue weighted by atomic mass is 32.1. The summed E-state index contributed by atoms with van der Waals surface area (Å²) in [5.41, 5.74) is 2.56. The van der Waals surface area contributed by atoms with Gasteiger partial charge in [-0.25, -0.2) is 0 Å². The number of piperazine rings is 1. The molecule has 0 aliphatic carbocycles. The van der Waals surface area contributed by atoms with Gasteiger partial charge in [0, 0.05) is 55.8 Å². The van der Waals surface area contributed by atoms with Gasteiger partial charge >= 0.3 is 0 Å². The van der Waals surface area contributed by atoms with Crippen LogP contribution in [0.1, 0.15) is 27.4 Å². The highest BCUT2D eigenvalue weighted by molar-refractivity contribution is 7.08. The van der Waals surface area contributed by atoms with Gasteiger partial charge in [-0.3, -0.25) is 14.5 Å². The summed E-state index contributed by atoms with van der Waals surface area (Å²) in [7, 11) is 0. The Hall–Kier alpha value is -3.16. The molecule has 1 N–H and O–H groups in total. The number of para-hydroxylation sites is 2. The normalized spacial score (nSPS) is 16.1. The third-order valence-corrected chi connectivity index (χ3v) is 6.78. The molecule has 1 aromatic heterocycles. The summed E-state index contributed by atoms with van der Waals surface area (Å²) in [6.45, 7) is 4.38. The number of amides is 2. The minimum absolute atomic E-state index is 0.0144. The lowest BCUT2D eigenvalue weighted by atomic mass is 9.87. The Balaban J connectivity index is 1.17. The smallest absolute Gasteiger partial charge is 0.254 e. The van der Waals surface area contributed by atoms with E-state index in [1.807, 2.05) is 70.3 Å². The van der Waals surface area contributed by atoms with Crippen LogP contribution in [0.4, 0.5) is 0 Å². The molecule has 0 unspecified atom stereocenters. The lowest BCUT2D eigenvalue weighted by molar-refractivity contribution is -0.121. The largest absolute Gasteiger partial charge is 0.457 e. The van der Waals surface area contributed by atoms with Gasteiger partial charge in [0.25, 0.3) is 5.91 Å². The Morgan fingerprint density at radius 2 is 1.59 bits per heavy atom. The molecule has 32 heavy (non-hydrogen) atoms. The van der Waals surface area contributed by atoms with Crippen molar-refractivity contribution in [2.75, 3.05) is 39.3 Å². The summed E-state index contributed by atoms with van der Waals surface area (Å²) in [6.07, 6.45) is 0. The van der Waals surface area contributed by atoms with Gasteiger partial charge in [-0.2, -0.15) is 11.3 Å². The van der Waals surface area contributed by atoms with Gasteiger partial charge in [0.2, 0.25) is 5.91 Å². The number of hydrogen-bond acceptors (Lipinski definition) is 5. The number of rotatable bonds is 5. The van der Waals surface area contributed by atoms with Crippen LogP contribution >= 0.6 is 11.3 Å². The van der Waals surface area contributed by atoms with E-state index in [2.05, 4.69) is 10.2 Å². The summed E-state index contributed by atoms with van der Waals surface area (Å²) in [6, 6.07) is 17.3. The zero-order valence-corrected chi connectivity index (χ0v) is 18.5. The number of nitrogens with zero attached hydrogens (tertiary/aromatic N) is 2. The molecular weight excluding hydrogens is 422 g/mol. The highest BCUT2D eigenvalue weighted by Gasteiger charge is 2.32. The molecule has 0 bridgehead atoms. The van der Waals surface area contributed by atoms with Crippen molar-refractivity contribution in [3.63, 3.8) is 0 Å². The van der Waals surface area contributed by atoms with Crippen LogP contribution in [0.5, 0.6) is 11.5 Å². The van der Waals surface area contributed by atoms with Gasteiger partial charge in [-0.05, 0) is 23.6 Å². The van der Waals surface area contributed by atoms with E-state index < -0.39 is 0 Å². The van der Waals surface area contributed by atoms with E-state index in [0.29, 0.717) is 19.6 Å². The number of hydrogen-bond donors (Lipinski definition) is 1. The van der Waals surface area contributed by atoms with Crippen LogP contribution < -0.4 is 10.1 Å². The Kier molecular flexibility index (Phi) is 5.92. The first-order valence-electron chi connectivity index (χ1n) is 10.9. The topological polar surface area (TPSA) is 61.9 Å². The maximum atomic E-state index is 13.2. The average molecular weight is 448 g/mol. The van der Waals surface area contributed by atoms with Gasteiger partial charge in [-0.15, -0.1) is 0 Å². The van der Waals surface area contributed by atoms with Crippen LogP contribution in [0, 0.1) is 0 Å². The molecule has 1 saturated heterocycles. The number of benzene rings is 2. The van der Waals surface area contributed by atoms with E-state index in [0.717, 1.165) is 47.8 Å².